The zero-order chi connectivity index (χ0) is 9.23. The molecule has 0 fully saturated rings. The van der Waals surface area contributed by atoms with Crippen molar-refractivity contribution in [3.8, 4) is 0 Å². The zero-order valence-corrected chi connectivity index (χ0v) is 8.47. The van der Waals surface area contributed by atoms with Crippen LogP contribution in [0.25, 0.3) is 0 Å². The number of hydrogen-bond acceptors (Lipinski definition) is 3. The summed E-state index contributed by atoms with van der Waals surface area (Å²) in [6.07, 6.45) is 2.44. The Kier molecular flexibility index (Phi) is 8.88. The van der Waals surface area contributed by atoms with Crippen molar-refractivity contribution >= 4 is 0 Å². The summed E-state index contributed by atoms with van der Waals surface area (Å²) in [5.41, 5.74) is 5.51. The average Bonchev–Trinajstić information content (AvgIpc) is 2.06. The highest BCUT2D eigenvalue weighted by Crippen LogP contribution is 1.92. The molecule has 12 heavy (non-hydrogen) atoms. The molecule has 0 aliphatic heterocycles. The van der Waals surface area contributed by atoms with E-state index < -0.39 is 0 Å². The van der Waals surface area contributed by atoms with E-state index in [2.05, 4.69) is 17.1 Å². The van der Waals surface area contributed by atoms with E-state index in [4.69, 9.17) is 5.73 Å². The molecular weight excluding hydrogens is 150 g/mol. The summed E-state index contributed by atoms with van der Waals surface area (Å²) in [4.78, 5) is 2.43. The van der Waals surface area contributed by atoms with Gasteiger partial charge in [0.2, 0.25) is 0 Å². The molecule has 0 saturated carbocycles. The third-order valence-corrected chi connectivity index (χ3v) is 1.89. The van der Waals surface area contributed by atoms with Gasteiger partial charge in [0.05, 0.1) is 0 Å². The monoisotopic (exact) mass is 173 g/mol. The second-order valence-corrected chi connectivity index (χ2v) is 3.09. The largest absolute Gasteiger partial charge is 0.329 e. The van der Waals surface area contributed by atoms with E-state index in [9.17, 15) is 0 Å². The maximum absolute atomic E-state index is 5.51. The highest BCUT2D eigenvalue weighted by molar-refractivity contribution is 4.58. The van der Waals surface area contributed by atoms with Crippen LogP contribution in [0.15, 0.2) is 0 Å². The lowest BCUT2D eigenvalue weighted by Gasteiger charge is -2.20. The summed E-state index contributed by atoms with van der Waals surface area (Å²) in [5.74, 6) is 0. The van der Waals surface area contributed by atoms with Crippen molar-refractivity contribution in [2.75, 3.05) is 39.8 Å². The van der Waals surface area contributed by atoms with Crippen LogP contribution in [-0.2, 0) is 0 Å². The molecule has 0 radical (unpaired) electrons. The molecule has 0 saturated heterocycles. The quantitative estimate of drug-likeness (QED) is 0.518. The van der Waals surface area contributed by atoms with E-state index in [1.165, 1.54) is 25.9 Å². The van der Waals surface area contributed by atoms with Crippen LogP contribution in [0.1, 0.15) is 19.8 Å². The Labute approximate surface area is 76.3 Å². The summed E-state index contributed by atoms with van der Waals surface area (Å²) in [6.45, 7) is 7.48. The highest BCUT2D eigenvalue weighted by Gasteiger charge is 2.00. The van der Waals surface area contributed by atoms with Crippen LogP contribution in [0, 0.1) is 0 Å². The van der Waals surface area contributed by atoms with Gasteiger partial charge in [-0.1, -0.05) is 6.92 Å². The predicted molar refractivity (Wildman–Crippen MR) is 54.3 cm³/mol. The van der Waals surface area contributed by atoms with Crippen molar-refractivity contribution in [3.05, 3.63) is 0 Å². The Morgan fingerprint density at radius 2 is 2.00 bits per heavy atom. The van der Waals surface area contributed by atoms with Crippen LogP contribution in [0.3, 0.4) is 0 Å². The van der Waals surface area contributed by atoms with Crippen LogP contribution in [-0.4, -0.2) is 44.7 Å². The van der Waals surface area contributed by atoms with Crippen LogP contribution < -0.4 is 11.1 Å². The molecule has 0 spiro atoms. The first-order chi connectivity index (χ1) is 5.85. The normalized spacial score (nSPS) is 11.0. The number of nitrogens with zero attached hydrogens (tertiary/aromatic N) is 1. The van der Waals surface area contributed by atoms with Crippen LogP contribution in [0.2, 0.25) is 0 Å². The minimum absolute atomic E-state index is 0.777. The number of hydrogen-bond donors (Lipinski definition) is 2. The van der Waals surface area contributed by atoms with E-state index in [1.807, 2.05) is 7.05 Å². The van der Waals surface area contributed by atoms with Gasteiger partial charge in [0.25, 0.3) is 0 Å². The topological polar surface area (TPSA) is 41.3 Å². The molecule has 0 aliphatic carbocycles. The molecule has 0 rings (SSSR count). The first-order valence-corrected chi connectivity index (χ1v) is 4.92. The van der Waals surface area contributed by atoms with Gasteiger partial charge in [-0.05, 0) is 39.5 Å². The lowest BCUT2D eigenvalue weighted by Crippen LogP contribution is -2.32. The van der Waals surface area contributed by atoms with Crippen molar-refractivity contribution in [2.24, 2.45) is 5.73 Å². The van der Waals surface area contributed by atoms with Crippen molar-refractivity contribution < 1.29 is 0 Å². The van der Waals surface area contributed by atoms with Crippen LogP contribution in [0.5, 0.6) is 0 Å². The fourth-order valence-corrected chi connectivity index (χ4v) is 1.31. The Hall–Kier alpha value is -0.120. The molecule has 0 aromatic heterocycles. The van der Waals surface area contributed by atoms with E-state index in [0.717, 1.165) is 19.6 Å². The summed E-state index contributed by atoms with van der Waals surface area (Å²) in [5, 5.41) is 3.15. The molecular formula is C9H23N3. The van der Waals surface area contributed by atoms with Gasteiger partial charge in [-0.15, -0.1) is 0 Å². The van der Waals surface area contributed by atoms with Crippen LogP contribution in [0.4, 0.5) is 0 Å². The van der Waals surface area contributed by atoms with Gasteiger partial charge in [0, 0.05) is 13.1 Å². The van der Waals surface area contributed by atoms with Gasteiger partial charge in [0.1, 0.15) is 0 Å². The van der Waals surface area contributed by atoms with Crippen molar-refractivity contribution in [1.82, 2.24) is 10.2 Å². The summed E-state index contributed by atoms with van der Waals surface area (Å²) in [6, 6.07) is 0. The minimum Gasteiger partial charge on any atom is -0.329 e. The first kappa shape index (κ1) is 11.9. The molecule has 0 aromatic rings. The molecule has 0 heterocycles. The molecule has 3 nitrogen and oxygen atoms in total. The van der Waals surface area contributed by atoms with Gasteiger partial charge in [-0.25, -0.2) is 0 Å². The third-order valence-electron chi connectivity index (χ3n) is 1.89. The van der Waals surface area contributed by atoms with Gasteiger partial charge in [-0.2, -0.15) is 0 Å². The first-order valence-electron chi connectivity index (χ1n) is 4.92. The van der Waals surface area contributed by atoms with E-state index >= 15 is 0 Å². The Morgan fingerprint density at radius 1 is 1.25 bits per heavy atom. The van der Waals surface area contributed by atoms with E-state index in [0.29, 0.717) is 0 Å². The fourth-order valence-electron chi connectivity index (χ4n) is 1.31. The number of nitrogens with two attached hydrogens (primary N) is 1. The molecule has 0 amide bonds. The standard InChI is InChI=1S/C9H23N3/c1-3-7-12(9-5-10)8-4-6-11-2/h11H,3-10H2,1-2H3. The lowest BCUT2D eigenvalue weighted by atomic mass is 10.3. The Balaban J connectivity index is 3.34. The molecule has 3 heteroatoms. The Morgan fingerprint density at radius 3 is 2.50 bits per heavy atom. The minimum atomic E-state index is 0.777. The van der Waals surface area contributed by atoms with Crippen molar-refractivity contribution in [3.63, 3.8) is 0 Å². The summed E-state index contributed by atoms with van der Waals surface area (Å²) >= 11 is 0. The molecule has 0 atom stereocenters. The molecule has 0 aliphatic rings. The highest BCUT2D eigenvalue weighted by atomic mass is 15.1. The smallest absolute Gasteiger partial charge is 0.0105 e. The number of rotatable bonds is 8. The van der Waals surface area contributed by atoms with Crippen molar-refractivity contribution in [1.29, 1.82) is 0 Å². The second kappa shape index (κ2) is 8.97. The predicted octanol–water partition coefficient (Wildman–Crippen LogP) is 0.267. The third kappa shape index (κ3) is 6.58. The number of nitrogens with one attached hydrogen (secondary N) is 1. The summed E-state index contributed by atoms with van der Waals surface area (Å²) < 4.78 is 0. The van der Waals surface area contributed by atoms with Crippen LogP contribution >= 0.6 is 0 Å². The van der Waals surface area contributed by atoms with Crippen molar-refractivity contribution in [2.45, 2.75) is 19.8 Å². The SMILES string of the molecule is CCCN(CCN)CCCNC. The lowest BCUT2D eigenvalue weighted by molar-refractivity contribution is 0.278. The van der Waals surface area contributed by atoms with Gasteiger partial charge < -0.3 is 16.0 Å². The van der Waals surface area contributed by atoms with Gasteiger partial charge >= 0.3 is 0 Å². The zero-order valence-electron chi connectivity index (χ0n) is 8.47. The molecule has 0 unspecified atom stereocenters. The molecule has 3 N–H and O–H groups in total. The Bertz CT molecular complexity index is 79.8. The molecule has 0 aromatic carbocycles. The van der Waals surface area contributed by atoms with Gasteiger partial charge in [-0.3, -0.25) is 0 Å². The van der Waals surface area contributed by atoms with E-state index in [-0.39, 0.29) is 0 Å². The van der Waals surface area contributed by atoms with Gasteiger partial charge in [0.15, 0.2) is 0 Å². The fraction of sp³-hybridized carbons (Fsp3) is 1.00. The maximum atomic E-state index is 5.51. The summed E-state index contributed by atoms with van der Waals surface area (Å²) in [7, 11) is 1.99. The molecule has 0 bridgehead atoms. The van der Waals surface area contributed by atoms with E-state index in [1.54, 1.807) is 0 Å². The average molecular weight is 173 g/mol. The maximum Gasteiger partial charge on any atom is 0.0105 e. The second-order valence-electron chi connectivity index (χ2n) is 3.09. The molecule has 74 valence electrons.